The molecule has 1 rings (SSSR count). The summed E-state index contributed by atoms with van der Waals surface area (Å²) in [4.78, 5) is 13.6. The van der Waals surface area contributed by atoms with E-state index in [1.807, 2.05) is 25.7 Å². The van der Waals surface area contributed by atoms with Gasteiger partial charge in [0.15, 0.2) is 0 Å². The molecule has 1 atom stereocenters. The molecule has 5 nitrogen and oxygen atoms in total. The topological polar surface area (TPSA) is 61.8 Å². The first-order chi connectivity index (χ1) is 7.40. The maximum atomic E-state index is 11.6. The third-order valence-corrected chi connectivity index (χ3v) is 2.33. The second-order valence-corrected chi connectivity index (χ2v) is 5.16. The number of hydrogen-bond donors (Lipinski definition) is 2. The van der Waals surface area contributed by atoms with Gasteiger partial charge in [-0.15, -0.1) is 0 Å². The van der Waals surface area contributed by atoms with Crippen LogP contribution in [0.5, 0.6) is 0 Å². The van der Waals surface area contributed by atoms with Gasteiger partial charge in [0.25, 0.3) is 0 Å². The molecule has 0 bridgehead atoms. The lowest BCUT2D eigenvalue weighted by Crippen LogP contribution is -2.53. The lowest BCUT2D eigenvalue weighted by atomic mass is 10.2. The average Bonchev–Trinajstić information content (AvgIpc) is 2.15. The highest BCUT2D eigenvalue weighted by Gasteiger charge is 2.23. The molecule has 0 amide bonds. The summed E-state index contributed by atoms with van der Waals surface area (Å²) >= 11 is 0. The number of esters is 1. The van der Waals surface area contributed by atoms with Crippen LogP contribution in [-0.4, -0.2) is 60.4 Å². The van der Waals surface area contributed by atoms with Crippen molar-refractivity contribution in [3.8, 4) is 0 Å². The molecule has 0 aromatic carbocycles. The van der Waals surface area contributed by atoms with Gasteiger partial charge in [-0.25, -0.2) is 0 Å². The largest absolute Gasteiger partial charge is 0.459 e. The van der Waals surface area contributed by atoms with E-state index in [1.165, 1.54) is 0 Å². The molecule has 0 radical (unpaired) electrons. The van der Waals surface area contributed by atoms with Crippen LogP contribution in [0.1, 0.15) is 20.8 Å². The van der Waals surface area contributed by atoms with Crippen molar-refractivity contribution in [2.24, 2.45) is 0 Å². The van der Waals surface area contributed by atoms with Crippen molar-refractivity contribution in [1.82, 2.24) is 10.2 Å². The fraction of sp³-hybridized carbons (Fsp3) is 0.909. The van der Waals surface area contributed by atoms with Crippen molar-refractivity contribution < 1.29 is 14.6 Å². The van der Waals surface area contributed by atoms with Crippen LogP contribution in [0.3, 0.4) is 0 Å². The van der Waals surface area contributed by atoms with Gasteiger partial charge < -0.3 is 15.2 Å². The molecule has 0 aromatic rings. The summed E-state index contributed by atoms with van der Waals surface area (Å²) in [5, 5.41) is 12.2. The minimum absolute atomic E-state index is 0.0659. The van der Waals surface area contributed by atoms with Crippen LogP contribution in [-0.2, 0) is 9.53 Å². The Morgan fingerprint density at radius 3 is 2.81 bits per heavy atom. The molecule has 1 heterocycles. The molecule has 1 fully saturated rings. The number of hydrogen-bond acceptors (Lipinski definition) is 5. The maximum absolute atomic E-state index is 11.6. The van der Waals surface area contributed by atoms with Gasteiger partial charge in [-0.3, -0.25) is 9.69 Å². The first kappa shape index (κ1) is 13.4. The van der Waals surface area contributed by atoms with E-state index in [1.54, 1.807) is 0 Å². The fourth-order valence-corrected chi connectivity index (χ4v) is 1.72. The fourth-order valence-electron chi connectivity index (χ4n) is 1.72. The van der Waals surface area contributed by atoms with Crippen molar-refractivity contribution in [1.29, 1.82) is 0 Å². The number of carbonyl (C=O) groups is 1. The number of carbonyl (C=O) groups excluding carboxylic acids is 1. The summed E-state index contributed by atoms with van der Waals surface area (Å²) in [5.41, 5.74) is -0.429. The van der Waals surface area contributed by atoms with E-state index in [4.69, 9.17) is 9.84 Å². The summed E-state index contributed by atoms with van der Waals surface area (Å²) < 4.78 is 5.25. The van der Waals surface area contributed by atoms with Gasteiger partial charge in [-0.05, 0) is 20.8 Å². The highest BCUT2D eigenvalue weighted by atomic mass is 16.6. The highest BCUT2D eigenvalue weighted by Crippen LogP contribution is 2.08. The van der Waals surface area contributed by atoms with Gasteiger partial charge >= 0.3 is 5.97 Å². The Bertz CT molecular complexity index is 238. The lowest BCUT2D eigenvalue weighted by Gasteiger charge is -2.32. The predicted molar refractivity (Wildman–Crippen MR) is 61.2 cm³/mol. The Kier molecular flexibility index (Phi) is 4.70. The number of ether oxygens (including phenoxy) is 1. The van der Waals surface area contributed by atoms with Crippen LogP contribution in [0.25, 0.3) is 0 Å². The number of aliphatic hydroxyl groups excluding tert-OH is 1. The van der Waals surface area contributed by atoms with Gasteiger partial charge in [0.05, 0.1) is 13.2 Å². The molecule has 94 valence electrons. The van der Waals surface area contributed by atoms with E-state index in [-0.39, 0.29) is 18.6 Å². The van der Waals surface area contributed by atoms with E-state index >= 15 is 0 Å². The monoisotopic (exact) mass is 230 g/mol. The Hall–Kier alpha value is -0.650. The number of piperazine rings is 1. The van der Waals surface area contributed by atoms with Crippen molar-refractivity contribution in [2.75, 3.05) is 32.8 Å². The molecule has 0 aromatic heterocycles. The van der Waals surface area contributed by atoms with Gasteiger partial charge in [-0.1, -0.05) is 0 Å². The summed E-state index contributed by atoms with van der Waals surface area (Å²) in [5.74, 6) is -0.203. The molecule has 5 heteroatoms. The Labute approximate surface area is 96.8 Å². The van der Waals surface area contributed by atoms with Crippen LogP contribution >= 0.6 is 0 Å². The van der Waals surface area contributed by atoms with Gasteiger partial charge in [-0.2, -0.15) is 0 Å². The number of aliphatic hydroxyl groups is 1. The summed E-state index contributed by atoms with van der Waals surface area (Å²) in [6.07, 6.45) is 0. The molecule has 0 saturated carbocycles. The first-order valence-corrected chi connectivity index (χ1v) is 5.69. The second-order valence-electron chi connectivity index (χ2n) is 5.16. The number of nitrogens with one attached hydrogen (secondary N) is 1. The van der Waals surface area contributed by atoms with Gasteiger partial charge in [0, 0.05) is 25.7 Å². The minimum atomic E-state index is -0.429. The third kappa shape index (κ3) is 4.92. The Morgan fingerprint density at radius 2 is 2.25 bits per heavy atom. The highest BCUT2D eigenvalue weighted by molar-refractivity contribution is 5.72. The van der Waals surface area contributed by atoms with Crippen LogP contribution in [0.4, 0.5) is 0 Å². The quantitative estimate of drug-likeness (QED) is 0.646. The summed E-state index contributed by atoms with van der Waals surface area (Å²) in [6.45, 7) is 8.29. The van der Waals surface area contributed by atoms with E-state index < -0.39 is 5.60 Å². The number of rotatable bonds is 3. The molecule has 0 unspecified atom stereocenters. The van der Waals surface area contributed by atoms with E-state index in [9.17, 15) is 4.79 Å². The predicted octanol–water partition coefficient (Wildman–Crippen LogP) is -0.406. The van der Waals surface area contributed by atoms with Crippen molar-refractivity contribution in [2.45, 2.75) is 32.4 Å². The summed E-state index contributed by atoms with van der Waals surface area (Å²) in [6, 6.07) is 0.0659. The molecule has 16 heavy (non-hydrogen) atoms. The van der Waals surface area contributed by atoms with Crippen LogP contribution in [0.15, 0.2) is 0 Å². The molecule has 2 N–H and O–H groups in total. The smallest absolute Gasteiger partial charge is 0.320 e. The lowest BCUT2D eigenvalue weighted by molar-refractivity contribution is -0.156. The standard InChI is InChI=1S/C11H22N2O3/c1-11(2,3)16-10(15)7-13-5-4-12-9(6-13)8-14/h9,12,14H,4-8H2,1-3H3/t9-/m0/s1. The molecule has 1 aliphatic rings. The van der Waals surface area contributed by atoms with Crippen LogP contribution in [0, 0.1) is 0 Å². The molecular weight excluding hydrogens is 208 g/mol. The zero-order valence-corrected chi connectivity index (χ0v) is 10.3. The van der Waals surface area contributed by atoms with E-state index in [2.05, 4.69) is 5.32 Å². The zero-order valence-electron chi connectivity index (χ0n) is 10.3. The van der Waals surface area contributed by atoms with Crippen molar-refractivity contribution in [3.63, 3.8) is 0 Å². The molecule has 1 aliphatic heterocycles. The normalized spacial score (nSPS) is 23.1. The molecular formula is C11H22N2O3. The average molecular weight is 230 g/mol. The zero-order chi connectivity index (χ0) is 12.2. The molecule has 1 saturated heterocycles. The van der Waals surface area contributed by atoms with Crippen LogP contribution in [0.2, 0.25) is 0 Å². The van der Waals surface area contributed by atoms with Gasteiger partial charge in [0.1, 0.15) is 5.60 Å². The SMILES string of the molecule is CC(C)(C)OC(=O)CN1CCN[C@H](CO)C1. The Morgan fingerprint density at radius 1 is 1.56 bits per heavy atom. The molecule has 0 spiro atoms. The third-order valence-electron chi connectivity index (χ3n) is 2.33. The summed E-state index contributed by atoms with van der Waals surface area (Å²) in [7, 11) is 0. The van der Waals surface area contributed by atoms with Crippen molar-refractivity contribution >= 4 is 5.97 Å². The van der Waals surface area contributed by atoms with Crippen molar-refractivity contribution in [3.05, 3.63) is 0 Å². The number of nitrogens with zero attached hydrogens (tertiary/aromatic N) is 1. The van der Waals surface area contributed by atoms with Gasteiger partial charge in [0.2, 0.25) is 0 Å². The minimum Gasteiger partial charge on any atom is -0.459 e. The maximum Gasteiger partial charge on any atom is 0.320 e. The van der Waals surface area contributed by atoms with Crippen LogP contribution < -0.4 is 5.32 Å². The van der Waals surface area contributed by atoms with E-state index in [0.29, 0.717) is 13.1 Å². The van der Waals surface area contributed by atoms with E-state index in [0.717, 1.165) is 13.1 Å². The molecule has 0 aliphatic carbocycles. The first-order valence-electron chi connectivity index (χ1n) is 5.69. The second kappa shape index (κ2) is 5.61. The Balaban J connectivity index is 2.33.